The molecule has 0 N–H and O–H groups in total. The Hall–Kier alpha value is -0.790. The van der Waals surface area contributed by atoms with Crippen molar-refractivity contribution in [1.82, 2.24) is 19.7 Å². The van der Waals surface area contributed by atoms with Gasteiger partial charge in [-0.3, -0.25) is 4.90 Å². The van der Waals surface area contributed by atoms with Crippen molar-refractivity contribution in [2.24, 2.45) is 7.05 Å². The van der Waals surface area contributed by atoms with Gasteiger partial charge in [0, 0.05) is 50.8 Å². The van der Waals surface area contributed by atoms with Crippen LogP contribution in [0.2, 0.25) is 0 Å². The Balaban J connectivity index is 1.44. The van der Waals surface area contributed by atoms with Crippen molar-refractivity contribution in [3.8, 4) is 0 Å². The molecule has 22 heavy (non-hydrogen) atoms. The van der Waals surface area contributed by atoms with Gasteiger partial charge in [0.25, 0.3) is 0 Å². The van der Waals surface area contributed by atoms with Crippen LogP contribution in [0.25, 0.3) is 10.3 Å². The van der Waals surface area contributed by atoms with E-state index >= 15 is 0 Å². The summed E-state index contributed by atoms with van der Waals surface area (Å²) in [7, 11) is 1.99. The molecule has 2 aromatic rings. The summed E-state index contributed by atoms with van der Waals surface area (Å²) in [6.07, 6.45) is 2.55. The molecule has 0 unspecified atom stereocenters. The number of nitrogens with zero attached hydrogens (tertiary/aromatic N) is 5. The molecule has 0 atom stereocenters. The molecule has 2 fully saturated rings. The van der Waals surface area contributed by atoms with E-state index in [9.17, 15) is 0 Å². The van der Waals surface area contributed by atoms with E-state index in [2.05, 4.69) is 33.6 Å². The van der Waals surface area contributed by atoms with Gasteiger partial charge < -0.3 is 4.90 Å². The summed E-state index contributed by atoms with van der Waals surface area (Å²) in [5, 5.41) is 5.63. The largest absolute Gasteiger partial charge is 0.348 e. The summed E-state index contributed by atoms with van der Waals surface area (Å²) >= 11 is 3.90. The van der Waals surface area contributed by atoms with Gasteiger partial charge in [0.2, 0.25) is 0 Å². The van der Waals surface area contributed by atoms with Crippen LogP contribution >= 0.6 is 23.1 Å². The molecule has 5 nitrogen and oxygen atoms in total. The number of hydrogen-bond acceptors (Lipinski definition) is 6. The number of anilines is 1. The Morgan fingerprint density at radius 1 is 1.09 bits per heavy atom. The minimum atomic E-state index is 0.787. The lowest BCUT2D eigenvalue weighted by molar-refractivity contribution is 0.186. The highest BCUT2D eigenvalue weighted by Gasteiger charge is 2.27. The summed E-state index contributed by atoms with van der Waals surface area (Å²) in [5.74, 6) is 2.62. The molecule has 0 saturated carbocycles. The van der Waals surface area contributed by atoms with Gasteiger partial charge in [-0.2, -0.15) is 16.9 Å². The molecule has 0 aromatic carbocycles. The third kappa shape index (κ3) is 2.63. The lowest BCUT2D eigenvalue weighted by Crippen LogP contribution is -2.47. The van der Waals surface area contributed by atoms with Crippen LogP contribution < -0.4 is 4.90 Å². The molecule has 0 spiro atoms. The number of thiazole rings is 1. The van der Waals surface area contributed by atoms with Gasteiger partial charge in [0.1, 0.15) is 0 Å². The van der Waals surface area contributed by atoms with Crippen molar-refractivity contribution in [2.45, 2.75) is 25.8 Å². The molecule has 0 radical (unpaired) electrons. The second-order valence-electron chi connectivity index (χ2n) is 6.22. The number of rotatable bonds is 2. The van der Waals surface area contributed by atoms with Gasteiger partial charge in [0.15, 0.2) is 10.8 Å². The summed E-state index contributed by atoms with van der Waals surface area (Å²) in [4.78, 5) is 10.0. The number of aryl methyl sites for hydroxylation is 2. The van der Waals surface area contributed by atoms with Crippen molar-refractivity contribution < 1.29 is 0 Å². The Labute approximate surface area is 139 Å². The van der Waals surface area contributed by atoms with Crippen LogP contribution in [0.5, 0.6) is 0 Å². The fourth-order valence-corrected chi connectivity index (χ4v) is 5.59. The maximum absolute atomic E-state index is 4.82. The molecule has 0 amide bonds. The molecule has 0 aliphatic carbocycles. The van der Waals surface area contributed by atoms with Crippen LogP contribution in [0.4, 0.5) is 5.13 Å². The maximum Gasteiger partial charge on any atom is 0.188 e. The van der Waals surface area contributed by atoms with Gasteiger partial charge in [0.05, 0.1) is 10.4 Å². The van der Waals surface area contributed by atoms with E-state index in [0.29, 0.717) is 0 Å². The first-order valence-corrected chi connectivity index (χ1v) is 10.1. The lowest BCUT2D eigenvalue weighted by atomic mass is 10.0. The van der Waals surface area contributed by atoms with E-state index in [4.69, 9.17) is 4.98 Å². The first-order valence-electron chi connectivity index (χ1n) is 8.09. The van der Waals surface area contributed by atoms with Crippen molar-refractivity contribution in [1.29, 1.82) is 0 Å². The van der Waals surface area contributed by atoms with E-state index in [0.717, 1.165) is 30.5 Å². The van der Waals surface area contributed by atoms with Crippen LogP contribution in [0.3, 0.4) is 0 Å². The van der Waals surface area contributed by atoms with Gasteiger partial charge in [-0.05, 0) is 19.8 Å². The van der Waals surface area contributed by atoms with Crippen LogP contribution in [0.1, 0.15) is 18.5 Å². The minimum Gasteiger partial charge on any atom is -0.348 e. The molecular weight excluding hydrogens is 314 g/mol. The van der Waals surface area contributed by atoms with Crippen molar-refractivity contribution in [3.63, 3.8) is 0 Å². The molecule has 2 aromatic heterocycles. The van der Waals surface area contributed by atoms with Gasteiger partial charge >= 0.3 is 0 Å². The van der Waals surface area contributed by atoms with Crippen LogP contribution in [0.15, 0.2) is 0 Å². The minimum absolute atomic E-state index is 0.787. The highest BCUT2D eigenvalue weighted by Crippen LogP contribution is 2.32. The van der Waals surface area contributed by atoms with Crippen LogP contribution in [0, 0.1) is 6.92 Å². The Kier molecular flexibility index (Phi) is 4.04. The zero-order valence-corrected chi connectivity index (χ0v) is 14.9. The number of piperidine rings is 1. The van der Waals surface area contributed by atoms with E-state index in [1.165, 1.54) is 47.3 Å². The van der Waals surface area contributed by atoms with E-state index in [1.807, 2.05) is 11.7 Å². The maximum atomic E-state index is 4.82. The van der Waals surface area contributed by atoms with Gasteiger partial charge in [-0.1, -0.05) is 11.3 Å². The zero-order valence-electron chi connectivity index (χ0n) is 13.3. The normalized spacial score (nSPS) is 21.8. The number of aromatic nitrogens is 3. The lowest BCUT2D eigenvalue weighted by Gasteiger charge is -2.40. The molecule has 2 aliphatic rings. The number of thioether (sulfide) groups is 1. The highest BCUT2D eigenvalue weighted by atomic mass is 32.2. The topological polar surface area (TPSA) is 37.2 Å². The average molecular weight is 338 g/mol. The predicted octanol–water partition coefficient (Wildman–Crippen LogP) is 2.36. The molecular formula is C15H23N5S2. The average Bonchev–Trinajstić information content (AvgIpc) is 3.11. The Bertz CT molecular complexity index is 616. The first-order chi connectivity index (χ1) is 10.7. The zero-order chi connectivity index (χ0) is 15.1. The molecule has 120 valence electrons. The fraction of sp³-hybridized carbons (Fsp3) is 0.733. The van der Waals surface area contributed by atoms with Crippen molar-refractivity contribution in [2.75, 3.05) is 42.6 Å². The monoisotopic (exact) mass is 337 g/mol. The van der Waals surface area contributed by atoms with Gasteiger partial charge in [-0.25, -0.2) is 9.67 Å². The molecule has 2 saturated heterocycles. The Morgan fingerprint density at radius 2 is 1.82 bits per heavy atom. The molecule has 4 heterocycles. The van der Waals surface area contributed by atoms with Crippen LogP contribution in [-0.2, 0) is 7.05 Å². The van der Waals surface area contributed by atoms with E-state index in [-0.39, 0.29) is 0 Å². The van der Waals surface area contributed by atoms with Crippen LogP contribution in [-0.4, -0.2) is 63.4 Å². The SMILES string of the molecule is Cc1nn(C)c2nc(N3CCC(N4CCSCC4)CC3)sc12. The number of hydrogen-bond donors (Lipinski definition) is 0. The van der Waals surface area contributed by atoms with E-state index < -0.39 is 0 Å². The van der Waals surface area contributed by atoms with E-state index in [1.54, 1.807) is 11.3 Å². The summed E-state index contributed by atoms with van der Waals surface area (Å²) in [5.41, 5.74) is 2.13. The summed E-state index contributed by atoms with van der Waals surface area (Å²) in [6.45, 7) is 6.91. The summed E-state index contributed by atoms with van der Waals surface area (Å²) in [6, 6.07) is 0.787. The molecule has 2 aliphatic heterocycles. The standard InChI is InChI=1S/C15H23N5S2/c1-11-13-14(18(2)17-11)16-15(22-13)20-5-3-12(4-6-20)19-7-9-21-10-8-19/h12H,3-10H2,1-2H3. The second-order valence-corrected chi connectivity index (χ2v) is 8.43. The third-order valence-corrected chi connectivity index (χ3v) is 6.99. The predicted molar refractivity (Wildman–Crippen MR) is 95.3 cm³/mol. The highest BCUT2D eigenvalue weighted by molar-refractivity contribution is 7.99. The quantitative estimate of drug-likeness (QED) is 0.841. The smallest absolute Gasteiger partial charge is 0.188 e. The molecule has 4 rings (SSSR count). The fourth-order valence-electron chi connectivity index (χ4n) is 3.57. The third-order valence-electron chi connectivity index (χ3n) is 4.83. The molecule has 0 bridgehead atoms. The second kappa shape index (κ2) is 6.02. The Morgan fingerprint density at radius 3 is 2.50 bits per heavy atom. The number of fused-ring (bicyclic) bond motifs is 1. The summed E-state index contributed by atoms with van der Waals surface area (Å²) < 4.78 is 3.15. The van der Waals surface area contributed by atoms with Gasteiger partial charge in [-0.15, -0.1) is 0 Å². The van der Waals surface area contributed by atoms with Crippen molar-refractivity contribution in [3.05, 3.63) is 5.69 Å². The molecule has 7 heteroatoms. The van der Waals surface area contributed by atoms with Crippen molar-refractivity contribution >= 4 is 38.6 Å². The first kappa shape index (κ1) is 14.8.